The Morgan fingerprint density at radius 3 is 1.33 bits per heavy atom. The summed E-state index contributed by atoms with van der Waals surface area (Å²) in [6.45, 7) is 5.36. The molecule has 0 spiro atoms. The van der Waals surface area contributed by atoms with E-state index in [0.717, 1.165) is 32.1 Å². The summed E-state index contributed by atoms with van der Waals surface area (Å²) in [6.07, 6.45) is 1.12. The van der Waals surface area contributed by atoms with Crippen LogP contribution >= 0.6 is 0 Å². The summed E-state index contributed by atoms with van der Waals surface area (Å²) in [5, 5.41) is 0. The van der Waals surface area contributed by atoms with E-state index >= 15 is 0 Å². The van der Waals surface area contributed by atoms with Crippen molar-refractivity contribution in [3.8, 4) is 0 Å². The first-order valence-corrected chi connectivity index (χ1v) is 10.1. The molecule has 0 heterocycles. The van der Waals surface area contributed by atoms with Gasteiger partial charge in [0, 0.05) is 39.3 Å². The first kappa shape index (κ1) is 21.0. The lowest BCUT2D eigenvalue weighted by Gasteiger charge is -2.41. The molecule has 0 amide bonds. The van der Waals surface area contributed by atoms with Crippen molar-refractivity contribution in [2.75, 3.05) is 76.1 Å². The Bertz CT molecular complexity index is 256. The van der Waals surface area contributed by atoms with E-state index < -0.39 is 8.56 Å². The lowest BCUT2D eigenvalue weighted by Crippen LogP contribution is -2.49. The van der Waals surface area contributed by atoms with Gasteiger partial charge in [-0.3, -0.25) is 0 Å². The maximum atomic E-state index is 5.67. The minimum atomic E-state index is -2.02. The molecule has 128 valence electrons. The summed E-state index contributed by atoms with van der Waals surface area (Å²) in [6, 6.07) is 1.02. The van der Waals surface area contributed by atoms with E-state index in [1.165, 1.54) is 0 Å². The summed E-state index contributed by atoms with van der Waals surface area (Å²) < 4.78 is 11.3. The third kappa shape index (κ3) is 8.28. The van der Waals surface area contributed by atoms with E-state index in [2.05, 4.69) is 63.5 Å². The van der Waals surface area contributed by atoms with Gasteiger partial charge in [0.2, 0.25) is 0 Å². The zero-order valence-corrected chi connectivity index (χ0v) is 16.7. The van der Waals surface area contributed by atoms with Gasteiger partial charge in [-0.05, 0) is 61.3 Å². The van der Waals surface area contributed by atoms with Crippen LogP contribution in [-0.2, 0) is 8.85 Å². The van der Waals surface area contributed by atoms with Gasteiger partial charge in [0.05, 0.1) is 0 Å². The lowest BCUT2D eigenvalue weighted by atomic mass is 9.83. The van der Waals surface area contributed by atoms with Crippen LogP contribution in [0.15, 0.2) is 0 Å². The van der Waals surface area contributed by atoms with Crippen molar-refractivity contribution in [3.63, 3.8) is 0 Å². The summed E-state index contributed by atoms with van der Waals surface area (Å²) in [7, 11) is 14.5. The van der Waals surface area contributed by atoms with Crippen molar-refractivity contribution < 1.29 is 8.85 Å². The van der Waals surface area contributed by atoms with Crippen LogP contribution in [0.1, 0.15) is 6.42 Å². The van der Waals surface area contributed by atoms with Gasteiger partial charge in [0.15, 0.2) is 0 Å². The number of nitrogens with zero attached hydrogens (tertiary/aromatic N) is 3. The maximum absolute atomic E-state index is 5.67. The topological polar surface area (TPSA) is 28.2 Å². The first-order chi connectivity index (χ1) is 9.58. The molecule has 0 saturated carbocycles. The van der Waals surface area contributed by atoms with Gasteiger partial charge >= 0.3 is 8.56 Å². The molecule has 0 aromatic rings. The fraction of sp³-hybridized carbons (Fsp3) is 1.00. The number of hydrogen-bond acceptors (Lipinski definition) is 5. The predicted octanol–water partition coefficient (Wildman–Crippen LogP) is 1.41. The molecule has 5 nitrogen and oxygen atoms in total. The van der Waals surface area contributed by atoms with Crippen LogP contribution in [-0.4, -0.2) is 99.4 Å². The Balaban J connectivity index is 5.13. The zero-order chi connectivity index (χ0) is 16.7. The minimum absolute atomic E-state index is 0.224. The van der Waals surface area contributed by atoms with Gasteiger partial charge in [0.1, 0.15) is 0 Å². The second-order valence-corrected chi connectivity index (χ2v) is 10.8. The smallest absolute Gasteiger partial charge is 0.334 e. The molecule has 0 aromatic carbocycles. The van der Waals surface area contributed by atoms with Crippen LogP contribution in [0.2, 0.25) is 12.6 Å². The molecule has 0 aliphatic carbocycles. The monoisotopic (exact) mass is 319 g/mol. The van der Waals surface area contributed by atoms with E-state index in [1.54, 1.807) is 14.2 Å². The highest BCUT2D eigenvalue weighted by molar-refractivity contribution is 6.65. The highest BCUT2D eigenvalue weighted by Crippen LogP contribution is 2.30. The predicted molar refractivity (Wildman–Crippen MR) is 93.2 cm³/mol. The Labute approximate surface area is 133 Å². The van der Waals surface area contributed by atoms with E-state index in [4.69, 9.17) is 8.85 Å². The molecular weight excluding hydrogens is 282 g/mol. The number of hydrogen-bond donors (Lipinski definition) is 0. The highest BCUT2D eigenvalue weighted by Gasteiger charge is 2.37. The summed E-state index contributed by atoms with van der Waals surface area (Å²) in [4.78, 5) is 6.89. The molecule has 0 aliphatic rings. The Morgan fingerprint density at radius 2 is 1.10 bits per heavy atom. The average Bonchev–Trinajstić information content (AvgIpc) is 2.33. The maximum Gasteiger partial charge on any atom is 0.334 e. The van der Waals surface area contributed by atoms with Crippen LogP contribution < -0.4 is 0 Å². The second kappa shape index (κ2) is 9.22. The Kier molecular flexibility index (Phi) is 9.23. The standard InChI is InChI=1S/C15H37N3O2Si/c1-16(2)12-15(13-17(3)4,14-18(5)6)10-11-21(9,19-7)20-8/h10-14H2,1-9H3. The molecule has 0 radical (unpaired) electrons. The fourth-order valence-electron chi connectivity index (χ4n) is 3.18. The second-order valence-electron chi connectivity index (χ2n) is 7.26. The van der Waals surface area contributed by atoms with E-state index in [-0.39, 0.29) is 5.41 Å². The van der Waals surface area contributed by atoms with Crippen molar-refractivity contribution >= 4 is 8.56 Å². The molecule has 6 heteroatoms. The van der Waals surface area contributed by atoms with Crippen molar-refractivity contribution in [2.45, 2.75) is 19.0 Å². The third-order valence-corrected chi connectivity index (χ3v) is 6.81. The lowest BCUT2D eigenvalue weighted by molar-refractivity contribution is 0.0968. The molecule has 0 rings (SSSR count). The molecule has 0 unspecified atom stereocenters. The molecular formula is C15H37N3O2Si. The molecule has 0 bridgehead atoms. The van der Waals surface area contributed by atoms with E-state index in [9.17, 15) is 0 Å². The van der Waals surface area contributed by atoms with Gasteiger partial charge in [-0.1, -0.05) is 0 Å². The third-order valence-electron chi connectivity index (χ3n) is 3.93. The van der Waals surface area contributed by atoms with Crippen molar-refractivity contribution in [1.29, 1.82) is 0 Å². The quantitative estimate of drug-likeness (QED) is 0.537. The summed E-state index contributed by atoms with van der Waals surface area (Å²) in [5.41, 5.74) is 0.224. The highest BCUT2D eigenvalue weighted by atomic mass is 28.4. The zero-order valence-electron chi connectivity index (χ0n) is 15.7. The normalized spacial score (nSPS) is 13.7. The Morgan fingerprint density at radius 1 is 0.762 bits per heavy atom. The van der Waals surface area contributed by atoms with Gasteiger partial charge in [-0.15, -0.1) is 0 Å². The minimum Gasteiger partial charge on any atom is -0.398 e. The largest absolute Gasteiger partial charge is 0.398 e. The first-order valence-electron chi connectivity index (χ1n) is 7.62. The van der Waals surface area contributed by atoms with Crippen LogP contribution in [0.3, 0.4) is 0 Å². The molecule has 0 N–H and O–H groups in total. The van der Waals surface area contributed by atoms with Crippen LogP contribution in [0.4, 0.5) is 0 Å². The van der Waals surface area contributed by atoms with Gasteiger partial charge in [0.25, 0.3) is 0 Å². The van der Waals surface area contributed by atoms with Crippen LogP contribution in [0, 0.1) is 5.41 Å². The SMILES string of the molecule is CO[Si](C)(CCC(CN(C)C)(CN(C)C)CN(C)C)OC. The van der Waals surface area contributed by atoms with Gasteiger partial charge in [-0.2, -0.15) is 0 Å². The fourth-order valence-corrected chi connectivity index (χ4v) is 4.74. The van der Waals surface area contributed by atoms with E-state index in [0.29, 0.717) is 0 Å². The average molecular weight is 320 g/mol. The molecule has 0 fully saturated rings. The molecule has 21 heavy (non-hydrogen) atoms. The Hall–Kier alpha value is 0.0169. The van der Waals surface area contributed by atoms with Crippen molar-refractivity contribution in [3.05, 3.63) is 0 Å². The van der Waals surface area contributed by atoms with Crippen molar-refractivity contribution in [2.24, 2.45) is 5.41 Å². The number of rotatable bonds is 11. The molecule has 0 saturated heterocycles. The van der Waals surface area contributed by atoms with Crippen LogP contribution in [0.5, 0.6) is 0 Å². The van der Waals surface area contributed by atoms with E-state index in [1.807, 2.05) is 0 Å². The molecule has 0 aromatic heterocycles. The van der Waals surface area contributed by atoms with Gasteiger partial charge in [-0.25, -0.2) is 0 Å². The van der Waals surface area contributed by atoms with Gasteiger partial charge < -0.3 is 23.6 Å². The summed E-state index contributed by atoms with van der Waals surface area (Å²) in [5.74, 6) is 0. The molecule has 0 atom stereocenters. The van der Waals surface area contributed by atoms with Crippen molar-refractivity contribution in [1.82, 2.24) is 14.7 Å². The summed E-state index contributed by atoms with van der Waals surface area (Å²) >= 11 is 0. The molecule has 0 aliphatic heterocycles. The van der Waals surface area contributed by atoms with Crippen LogP contribution in [0.25, 0.3) is 0 Å².